The Morgan fingerprint density at radius 3 is 2.81 bits per heavy atom. The molecule has 2 rings (SSSR count). The van der Waals surface area contributed by atoms with Gasteiger partial charge in [0, 0.05) is 24.9 Å². The average Bonchev–Trinajstić information content (AvgIpc) is 2.80. The van der Waals surface area contributed by atoms with Crippen molar-refractivity contribution in [2.24, 2.45) is 7.05 Å². The fourth-order valence-electron chi connectivity index (χ4n) is 1.63. The molecule has 0 aliphatic carbocycles. The summed E-state index contributed by atoms with van der Waals surface area (Å²) in [6.45, 7) is -0.455. The largest absolute Gasteiger partial charge is 0.384 e. The van der Waals surface area contributed by atoms with E-state index < -0.39 is 22.4 Å². The molecule has 0 atom stereocenters. The Balaban J connectivity index is 2.44. The van der Waals surface area contributed by atoms with E-state index in [0.717, 1.165) is 18.2 Å². The van der Waals surface area contributed by atoms with Crippen LogP contribution in [0.1, 0.15) is 5.56 Å². The summed E-state index contributed by atoms with van der Waals surface area (Å²) in [5.41, 5.74) is -0.0347. The van der Waals surface area contributed by atoms with Crippen LogP contribution in [0.5, 0.6) is 0 Å². The third-order valence-corrected chi connectivity index (χ3v) is 3.90. The summed E-state index contributed by atoms with van der Waals surface area (Å²) in [5.74, 6) is 4.24. The van der Waals surface area contributed by atoms with E-state index in [-0.39, 0.29) is 16.3 Å². The number of aryl methyl sites for hydroxylation is 1. The normalized spacial score (nSPS) is 10.8. The lowest BCUT2D eigenvalue weighted by Gasteiger charge is -2.07. The fraction of sp³-hybridized carbons (Fsp3) is 0.154. The minimum atomic E-state index is -3.95. The molecule has 0 amide bonds. The molecule has 1 heterocycles. The van der Waals surface area contributed by atoms with E-state index in [1.54, 1.807) is 13.2 Å². The minimum absolute atomic E-state index is 0.0347. The van der Waals surface area contributed by atoms with Gasteiger partial charge in [-0.25, -0.2) is 12.8 Å². The molecule has 2 N–H and O–H groups in total. The van der Waals surface area contributed by atoms with Crippen LogP contribution in [0.4, 0.5) is 10.2 Å². The summed E-state index contributed by atoms with van der Waals surface area (Å²) in [7, 11) is -2.31. The van der Waals surface area contributed by atoms with Crippen LogP contribution in [0.3, 0.4) is 0 Å². The third kappa shape index (κ3) is 3.59. The van der Waals surface area contributed by atoms with Gasteiger partial charge in [-0.2, -0.15) is 5.10 Å². The summed E-state index contributed by atoms with van der Waals surface area (Å²) in [5, 5.41) is 12.6. The van der Waals surface area contributed by atoms with Gasteiger partial charge in [-0.15, -0.1) is 0 Å². The van der Waals surface area contributed by atoms with Crippen molar-refractivity contribution in [2.45, 2.75) is 4.90 Å². The van der Waals surface area contributed by atoms with Crippen LogP contribution >= 0.6 is 0 Å². The molecule has 21 heavy (non-hydrogen) atoms. The predicted octanol–water partition coefficient (Wildman–Crippen LogP) is 0.704. The number of benzene rings is 1. The smallest absolute Gasteiger partial charge is 0.264 e. The Bertz CT molecular complexity index is 819. The number of aliphatic hydroxyl groups is 1. The predicted molar refractivity (Wildman–Crippen MR) is 74.4 cm³/mol. The van der Waals surface area contributed by atoms with Crippen molar-refractivity contribution < 1.29 is 17.9 Å². The van der Waals surface area contributed by atoms with Gasteiger partial charge in [0.05, 0.1) is 0 Å². The second kappa shape index (κ2) is 5.95. The highest BCUT2D eigenvalue weighted by Crippen LogP contribution is 2.19. The van der Waals surface area contributed by atoms with Gasteiger partial charge in [0.2, 0.25) is 0 Å². The quantitative estimate of drug-likeness (QED) is 0.818. The molecule has 0 aliphatic rings. The zero-order valence-electron chi connectivity index (χ0n) is 11.0. The molecule has 0 radical (unpaired) electrons. The topological polar surface area (TPSA) is 84.2 Å². The number of hydrogen-bond acceptors (Lipinski definition) is 4. The highest BCUT2D eigenvalue weighted by atomic mass is 32.2. The summed E-state index contributed by atoms with van der Waals surface area (Å²) < 4.78 is 41.5. The first-order valence-corrected chi connectivity index (χ1v) is 7.32. The molecule has 0 unspecified atom stereocenters. The number of nitrogens with zero attached hydrogens (tertiary/aromatic N) is 2. The number of nitrogens with one attached hydrogen (secondary N) is 1. The van der Waals surface area contributed by atoms with Crippen LogP contribution in [0.15, 0.2) is 35.4 Å². The van der Waals surface area contributed by atoms with E-state index in [2.05, 4.69) is 21.7 Å². The van der Waals surface area contributed by atoms with Crippen molar-refractivity contribution in [3.63, 3.8) is 0 Å². The standard InChI is InChI=1S/C13H12FN3O3S/c1-17-7-6-13(15-17)16-21(19,20)12-5-4-11(14)9-10(12)3-2-8-18/h4-7,9,18H,8H2,1H3,(H,15,16). The van der Waals surface area contributed by atoms with Gasteiger partial charge in [-0.3, -0.25) is 9.40 Å². The van der Waals surface area contributed by atoms with Gasteiger partial charge in [-0.05, 0) is 18.2 Å². The molecule has 1 aromatic heterocycles. The lowest BCUT2D eigenvalue weighted by molar-refractivity contribution is 0.350. The van der Waals surface area contributed by atoms with Gasteiger partial charge >= 0.3 is 0 Å². The Hall–Kier alpha value is -2.37. The first-order chi connectivity index (χ1) is 9.92. The lowest BCUT2D eigenvalue weighted by atomic mass is 10.2. The van der Waals surface area contributed by atoms with E-state index in [1.165, 1.54) is 10.7 Å². The SMILES string of the molecule is Cn1ccc(NS(=O)(=O)c2ccc(F)cc2C#CCO)n1. The van der Waals surface area contributed by atoms with Crippen LogP contribution in [-0.2, 0) is 17.1 Å². The van der Waals surface area contributed by atoms with Crippen molar-refractivity contribution in [1.82, 2.24) is 9.78 Å². The summed E-state index contributed by atoms with van der Waals surface area (Å²) in [6.07, 6.45) is 1.58. The molecule has 2 aromatic rings. The van der Waals surface area contributed by atoms with E-state index in [1.807, 2.05) is 0 Å². The molecule has 0 saturated carbocycles. The highest BCUT2D eigenvalue weighted by molar-refractivity contribution is 7.92. The molecule has 0 spiro atoms. The molecule has 0 aliphatic heterocycles. The van der Waals surface area contributed by atoms with Crippen LogP contribution < -0.4 is 4.72 Å². The van der Waals surface area contributed by atoms with E-state index in [4.69, 9.17) is 5.11 Å². The summed E-state index contributed by atoms with van der Waals surface area (Å²) in [4.78, 5) is -0.185. The van der Waals surface area contributed by atoms with E-state index in [9.17, 15) is 12.8 Å². The van der Waals surface area contributed by atoms with Crippen molar-refractivity contribution in [1.29, 1.82) is 0 Å². The van der Waals surface area contributed by atoms with Crippen LogP contribution in [0.25, 0.3) is 0 Å². The number of rotatable bonds is 3. The number of sulfonamides is 1. The molecular formula is C13H12FN3O3S. The second-order valence-electron chi connectivity index (χ2n) is 4.08. The van der Waals surface area contributed by atoms with E-state index >= 15 is 0 Å². The van der Waals surface area contributed by atoms with Gasteiger partial charge < -0.3 is 5.11 Å². The number of halogens is 1. The van der Waals surface area contributed by atoms with Gasteiger partial charge in [0.15, 0.2) is 5.82 Å². The van der Waals surface area contributed by atoms with Gasteiger partial charge in [0.1, 0.15) is 17.3 Å². The van der Waals surface area contributed by atoms with Crippen LogP contribution in [-0.4, -0.2) is 29.9 Å². The minimum Gasteiger partial charge on any atom is -0.384 e. The Labute approximate surface area is 121 Å². The van der Waals surface area contributed by atoms with Crippen molar-refractivity contribution >= 4 is 15.8 Å². The third-order valence-electron chi connectivity index (χ3n) is 2.49. The first kappa shape index (κ1) is 15.0. The molecule has 0 bridgehead atoms. The fourth-order valence-corrected chi connectivity index (χ4v) is 2.77. The van der Waals surface area contributed by atoms with Crippen LogP contribution in [0, 0.1) is 17.7 Å². The molecule has 110 valence electrons. The number of anilines is 1. The first-order valence-electron chi connectivity index (χ1n) is 5.84. The maximum absolute atomic E-state index is 13.2. The van der Waals surface area contributed by atoms with E-state index in [0.29, 0.717) is 0 Å². The summed E-state index contributed by atoms with van der Waals surface area (Å²) >= 11 is 0. The zero-order valence-corrected chi connectivity index (χ0v) is 11.9. The number of aromatic nitrogens is 2. The Kier molecular flexibility index (Phi) is 4.26. The van der Waals surface area contributed by atoms with Gasteiger partial charge in [0.25, 0.3) is 10.0 Å². The van der Waals surface area contributed by atoms with Gasteiger partial charge in [-0.1, -0.05) is 11.8 Å². The van der Waals surface area contributed by atoms with Crippen molar-refractivity contribution in [2.75, 3.05) is 11.3 Å². The molecule has 0 fully saturated rings. The van der Waals surface area contributed by atoms with Crippen LogP contribution in [0.2, 0.25) is 0 Å². The average molecular weight is 309 g/mol. The highest BCUT2D eigenvalue weighted by Gasteiger charge is 2.19. The monoisotopic (exact) mass is 309 g/mol. The number of hydrogen-bond donors (Lipinski definition) is 2. The molecular weight excluding hydrogens is 297 g/mol. The Morgan fingerprint density at radius 1 is 1.43 bits per heavy atom. The van der Waals surface area contributed by atoms with Crippen molar-refractivity contribution in [3.05, 3.63) is 41.8 Å². The lowest BCUT2D eigenvalue weighted by Crippen LogP contribution is -2.15. The number of aliphatic hydroxyl groups excluding tert-OH is 1. The molecule has 8 heteroatoms. The second-order valence-corrected chi connectivity index (χ2v) is 5.73. The zero-order chi connectivity index (χ0) is 15.5. The van der Waals surface area contributed by atoms with Crippen molar-refractivity contribution in [3.8, 4) is 11.8 Å². The molecule has 0 saturated heterocycles. The molecule has 6 nitrogen and oxygen atoms in total. The molecule has 1 aromatic carbocycles. The Morgan fingerprint density at radius 2 is 2.19 bits per heavy atom. The maximum atomic E-state index is 13.2. The summed E-state index contributed by atoms with van der Waals surface area (Å²) in [6, 6.07) is 4.62. The maximum Gasteiger partial charge on any atom is 0.264 e.